The van der Waals surface area contributed by atoms with Crippen LogP contribution in [0, 0.1) is 6.92 Å². The van der Waals surface area contributed by atoms with Crippen LogP contribution in [0.25, 0.3) is 0 Å². The molecule has 0 spiro atoms. The minimum absolute atomic E-state index is 0.162. The van der Waals surface area contributed by atoms with Crippen LogP contribution in [0.5, 0.6) is 0 Å². The molecule has 17 heavy (non-hydrogen) atoms. The number of rotatable bonds is 3. The fourth-order valence-corrected chi connectivity index (χ4v) is 3.10. The summed E-state index contributed by atoms with van der Waals surface area (Å²) >= 11 is 0. The van der Waals surface area contributed by atoms with Gasteiger partial charge in [-0.15, -0.1) is 0 Å². The predicted molar refractivity (Wildman–Crippen MR) is 69.1 cm³/mol. The molecule has 0 saturated heterocycles. The van der Waals surface area contributed by atoms with Crippen molar-refractivity contribution in [1.29, 1.82) is 0 Å². The van der Waals surface area contributed by atoms with E-state index >= 15 is 0 Å². The highest BCUT2D eigenvalue weighted by Crippen LogP contribution is 2.37. The Balaban J connectivity index is 1.84. The molecule has 2 aliphatic rings. The maximum atomic E-state index is 6.19. The van der Waals surface area contributed by atoms with E-state index in [1.807, 2.05) is 0 Å². The quantitative estimate of drug-likeness (QED) is 0.871. The third-order valence-corrected chi connectivity index (χ3v) is 4.50. The molecule has 2 heterocycles. The second-order valence-electron chi connectivity index (χ2n) is 6.03. The van der Waals surface area contributed by atoms with Gasteiger partial charge in [-0.05, 0) is 52.4 Å². The van der Waals surface area contributed by atoms with Gasteiger partial charge < -0.3 is 10.3 Å². The summed E-state index contributed by atoms with van der Waals surface area (Å²) < 4.78 is 2.49. The molecule has 3 nitrogen and oxygen atoms in total. The van der Waals surface area contributed by atoms with E-state index in [1.54, 1.807) is 0 Å². The molecule has 1 aliphatic carbocycles. The van der Waals surface area contributed by atoms with Crippen LogP contribution in [0.1, 0.15) is 62.3 Å². The van der Waals surface area contributed by atoms with Gasteiger partial charge in [0, 0.05) is 23.7 Å². The molecule has 1 atom stereocenters. The number of fused-ring (bicyclic) bond motifs is 1. The summed E-state index contributed by atoms with van der Waals surface area (Å²) in [5, 5.41) is 0. The van der Waals surface area contributed by atoms with Crippen LogP contribution in [0.2, 0.25) is 0 Å². The van der Waals surface area contributed by atoms with E-state index in [0.717, 1.165) is 19.3 Å². The van der Waals surface area contributed by atoms with Crippen molar-refractivity contribution in [2.45, 2.75) is 70.4 Å². The first-order valence-electron chi connectivity index (χ1n) is 6.94. The summed E-state index contributed by atoms with van der Waals surface area (Å²) in [6.45, 7) is 4.48. The molecule has 2 N–H and O–H groups in total. The molecule has 3 heteroatoms. The average molecular weight is 233 g/mol. The Hall–Kier alpha value is -0.830. The Morgan fingerprint density at radius 1 is 1.47 bits per heavy atom. The van der Waals surface area contributed by atoms with Crippen molar-refractivity contribution in [2.75, 3.05) is 0 Å². The third kappa shape index (κ3) is 2.01. The molecule has 1 aromatic rings. The standard InChI is InChI=1S/C14H23N3/c1-10-4-3-5-13-16-11(2)12(17(10)13)6-7-14(15)8-9-14/h10H,3-9,15H2,1-2H3. The highest BCUT2D eigenvalue weighted by molar-refractivity contribution is 5.20. The zero-order chi connectivity index (χ0) is 12.0. The number of imidazole rings is 1. The van der Waals surface area contributed by atoms with Crippen molar-refractivity contribution in [3.63, 3.8) is 0 Å². The number of aryl methyl sites for hydroxylation is 2. The van der Waals surface area contributed by atoms with Gasteiger partial charge in [-0.3, -0.25) is 0 Å². The smallest absolute Gasteiger partial charge is 0.109 e. The number of nitrogens with two attached hydrogens (primary N) is 1. The molecule has 0 amide bonds. The van der Waals surface area contributed by atoms with Crippen molar-refractivity contribution in [2.24, 2.45) is 5.73 Å². The van der Waals surface area contributed by atoms with Crippen molar-refractivity contribution in [1.82, 2.24) is 9.55 Å². The first-order chi connectivity index (χ1) is 8.09. The molecule has 0 radical (unpaired) electrons. The van der Waals surface area contributed by atoms with Gasteiger partial charge >= 0.3 is 0 Å². The van der Waals surface area contributed by atoms with E-state index in [2.05, 4.69) is 18.4 Å². The fraction of sp³-hybridized carbons (Fsp3) is 0.786. The first kappa shape index (κ1) is 11.3. The molecule has 0 aromatic carbocycles. The van der Waals surface area contributed by atoms with E-state index < -0.39 is 0 Å². The van der Waals surface area contributed by atoms with Crippen molar-refractivity contribution in [3.8, 4) is 0 Å². The molecule has 1 saturated carbocycles. The lowest BCUT2D eigenvalue weighted by atomic mass is 10.0. The van der Waals surface area contributed by atoms with Gasteiger partial charge in [0.15, 0.2) is 0 Å². The number of hydrogen-bond acceptors (Lipinski definition) is 2. The lowest BCUT2D eigenvalue weighted by Gasteiger charge is -2.24. The summed E-state index contributed by atoms with van der Waals surface area (Å²) in [5.74, 6) is 1.30. The largest absolute Gasteiger partial charge is 0.329 e. The number of nitrogens with zero attached hydrogens (tertiary/aromatic N) is 2. The highest BCUT2D eigenvalue weighted by atomic mass is 15.1. The maximum Gasteiger partial charge on any atom is 0.109 e. The van der Waals surface area contributed by atoms with Crippen LogP contribution in [-0.2, 0) is 12.8 Å². The van der Waals surface area contributed by atoms with Gasteiger partial charge in [0.1, 0.15) is 5.82 Å². The van der Waals surface area contributed by atoms with Crippen LogP contribution in [0.3, 0.4) is 0 Å². The van der Waals surface area contributed by atoms with Crippen LogP contribution >= 0.6 is 0 Å². The van der Waals surface area contributed by atoms with Crippen molar-refractivity contribution in [3.05, 3.63) is 17.2 Å². The Morgan fingerprint density at radius 3 is 2.94 bits per heavy atom. The summed E-state index contributed by atoms with van der Waals surface area (Å²) in [6, 6.07) is 0.628. The van der Waals surface area contributed by atoms with Crippen LogP contribution in [0.4, 0.5) is 0 Å². The van der Waals surface area contributed by atoms with E-state index in [4.69, 9.17) is 10.7 Å². The maximum absolute atomic E-state index is 6.19. The third-order valence-electron chi connectivity index (χ3n) is 4.50. The minimum atomic E-state index is 0.162. The second kappa shape index (κ2) is 3.84. The molecular weight excluding hydrogens is 210 g/mol. The Morgan fingerprint density at radius 2 is 2.24 bits per heavy atom. The van der Waals surface area contributed by atoms with Crippen molar-refractivity contribution >= 4 is 0 Å². The molecule has 1 unspecified atom stereocenters. The van der Waals surface area contributed by atoms with Gasteiger partial charge in [0.05, 0.1) is 5.69 Å². The van der Waals surface area contributed by atoms with Gasteiger partial charge in [-0.1, -0.05) is 0 Å². The Kier molecular flexibility index (Phi) is 2.54. The Bertz CT molecular complexity index is 429. The molecule has 1 aliphatic heterocycles. The van der Waals surface area contributed by atoms with E-state index in [1.165, 1.54) is 42.9 Å². The highest BCUT2D eigenvalue weighted by Gasteiger charge is 2.38. The Labute approximate surface area is 103 Å². The summed E-state index contributed by atoms with van der Waals surface area (Å²) in [5.41, 5.74) is 9.04. The predicted octanol–water partition coefficient (Wildman–Crippen LogP) is 2.51. The van der Waals surface area contributed by atoms with E-state index in [0.29, 0.717) is 6.04 Å². The normalized spacial score (nSPS) is 25.7. The summed E-state index contributed by atoms with van der Waals surface area (Å²) in [7, 11) is 0. The van der Waals surface area contributed by atoms with Gasteiger partial charge in [0.2, 0.25) is 0 Å². The molecule has 0 bridgehead atoms. The number of aromatic nitrogens is 2. The van der Waals surface area contributed by atoms with Gasteiger partial charge in [-0.2, -0.15) is 0 Å². The molecule has 94 valence electrons. The van der Waals surface area contributed by atoms with Gasteiger partial charge in [0.25, 0.3) is 0 Å². The number of hydrogen-bond donors (Lipinski definition) is 1. The molecule has 1 aromatic heterocycles. The van der Waals surface area contributed by atoms with E-state index in [-0.39, 0.29) is 5.54 Å². The van der Waals surface area contributed by atoms with Crippen molar-refractivity contribution < 1.29 is 0 Å². The average Bonchev–Trinajstić information content (AvgIpc) is 2.91. The molecule has 1 fully saturated rings. The zero-order valence-electron chi connectivity index (χ0n) is 11.0. The van der Waals surface area contributed by atoms with E-state index in [9.17, 15) is 0 Å². The lowest BCUT2D eigenvalue weighted by molar-refractivity contribution is 0.410. The topological polar surface area (TPSA) is 43.8 Å². The molecular formula is C14H23N3. The SMILES string of the molecule is Cc1nc2n(c1CCC1(N)CC1)C(C)CCC2. The fourth-order valence-electron chi connectivity index (χ4n) is 3.10. The minimum Gasteiger partial charge on any atom is -0.329 e. The van der Waals surface area contributed by atoms with Crippen LogP contribution < -0.4 is 5.73 Å². The van der Waals surface area contributed by atoms with Crippen LogP contribution in [-0.4, -0.2) is 15.1 Å². The monoisotopic (exact) mass is 233 g/mol. The summed E-state index contributed by atoms with van der Waals surface area (Å²) in [6.07, 6.45) is 8.40. The lowest BCUT2D eigenvalue weighted by Crippen LogP contribution is -2.24. The molecule has 3 rings (SSSR count). The van der Waals surface area contributed by atoms with Gasteiger partial charge in [-0.25, -0.2) is 4.98 Å². The zero-order valence-corrected chi connectivity index (χ0v) is 11.0. The summed E-state index contributed by atoms with van der Waals surface area (Å²) in [4.78, 5) is 4.74. The first-order valence-corrected chi connectivity index (χ1v) is 6.94. The van der Waals surface area contributed by atoms with Crippen LogP contribution in [0.15, 0.2) is 0 Å². The second-order valence-corrected chi connectivity index (χ2v) is 6.03.